The molecule has 0 spiro atoms. The van der Waals surface area contributed by atoms with Crippen molar-refractivity contribution in [3.63, 3.8) is 0 Å². The fourth-order valence-electron chi connectivity index (χ4n) is 3.34. The van der Waals surface area contributed by atoms with Crippen molar-refractivity contribution in [1.29, 1.82) is 0 Å². The zero-order valence-corrected chi connectivity index (χ0v) is 12.2. The van der Waals surface area contributed by atoms with Gasteiger partial charge >= 0.3 is 0 Å². The van der Waals surface area contributed by atoms with Crippen LogP contribution in [-0.2, 0) is 0 Å². The molecule has 102 valence electrons. The van der Waals surface area contributed by atoms with Crippen molar-refractivity contribution in [1.82, 2.24) is 4.90 Å². The summed E-state index contributed by atoms with van der Waals surface area (Å²) in [6.07, 6.45) is 7.11. The average molecular weight is 241 g/mol. The first kappa shape index (κ1) is 15.0. The molecule has 3 atom stereocenters. The van der Waals surface area contributed by atoms with E-state index in [4.69, 9.17) is 0 Å². The van der Waals surface area contributed by atoms with Gasteiger partial charge in [0.1, 0.15) is 0 Å². The summed E-state index contributed by atoms with van der Waals surface area (Å²) in [5.41, 5.74) is 0. The molecule has 2 nitrogen and oxygen atoms in total. The standard InChI is InChI=1S/C15H31NO/c1-5-12-8-9-15(17)13(10-12)11-16(4)14(6-2)7-3/h12-15,17H,5-11H2,1-4H3. The zero-order valence-electron chi connectivity index (χ0n) is 12.2. The Hall–Kier alpha value is -0.0800. The highest BCUT2D eigenvalue weighted by atomic mass is 16.3. The first-order valence-corrected chi connectivity index (χ1v) is 7.50. The minimum atomic E-state index is -0.0605. The normalized spacial score (nSPS) is 30.2. The molecule has 1 saturated carbocycles. The van der Waals surface area contributed by atoms with Crippen LogP contribution in [0, 0.1) is 11.8 Å². The van der Waals surface area contributed by atoms with E-state index in [1.54, 1.807) is 0 Å². The third-order valence-corrected chi connectivity index (χ3v) is 4.72. The number of hydrogen-bond donors (Lipinski definition) is 1. The van der Waals surface area contributed by atoms with Crippen LogP contribution in [0.3, 0.4) is 0 Å². The molecule has 2 heteroatoms. The number of aliphatic hydroxyl groups excluding tert-OH is 1. The zero-order chi connectivity index (χ0) is 12.8. The lowest BCUT2D eigenvalue weighted by Gasteiger charge is -2.37. The summed E-state index contributed by atoms with van der Waals surface area (Å²) < 4.78 is 0. The largest absolute Gasteiger partial charge is 0.393 e. The molecule has 0 aromatic rings. The van der Waals surface area contributed by atoms with E-state index in [1.165, 1.54) is 32.1 Å². The molecule has 0 heterocycles. The monoisotopic (exact) mass is 241 g/mol. The summed E-state index contributed by atoms with van der Waals surface area (Å²) >= 11 is 0. The van der Waals surface area contributed by atoms with Gasteiger partial charge in [-0.1, -0.05) is 27.2 Å². The van der Waals surface area contributed by atoms with Crippen LogP contribution in [0.2, 0.25) is 0 Å². The molecule has 0 amide bonds. The summed E-state index contributed by atoms with van der Waals surface area (Å²) in [6.45, 7) is 7.88. The Morgan fingerprint density at radius 3 is 2.35 bits per heavy atom. The van der Waals surface area contributed by atoms with E-state index in [9.17, 15) is 5.11 Å². The van der Waals surface area contributed by atoms with Crippen LogP contribution in [0.1, 0.15) is 59.3 Å². The molecule has 1 N–H and O–H groups in total. The smallest absolute Gasteiger partial charge is 0.0580 e. The molecule has 3 unspecified atom stereocenters. The molecule has 1 rings (SSSR count). The van der Waals surface area contributed by atoms with E-state index in [0.717, 1.165) is 18.9 Å². The van der Waals surface area contributed by atoms with Crippen LogP contribution < -0.4 is 0 Å². The molecule has 17 heavy (non-hydrogen) atoms. The fraction of sp³-hybridized carbons (Fsp3) is 1.00. The topological polar surface area (TPSA) is 23.5 Å². The third kappa shape index (κ3) is 4.26. The number of nitrogens with zero attached hydrogens (tertiary/aromatic N) is 1. The van der Waals surface area contributed by atoms with Crippen molar-refractivity contribution in [3.05, 3.63) is 0 Å². The van der Waals surface area contributed by atoms with Gasteiger partial charge in [-0.15, -0.1) is 0 Å². The fourth-order valence-corrected chi connectivity index (χ4v) is 3.34. The second kappa shape index (κ2) is 7.38. The van der Waals surface area contributed by atoms with E-state index < -0.39 is 0 Å². The Labute approximate surface area is 107 Å². The molecule has 0 aromatic carbocycles. The van der Waals surface area contributed by atoms with Crippen LogP contribution in [0.4, 0.5) is 0 Å². The quantitative estimate of drug-likeness (QED) is 0.771. The molecular formula is C15H31NO. The van der Waals surface area contributed by atoms with E-state index in [2.05, 4.69) is 32.7 Å². The Bertz CT molecular complexity index is 203. The van der Waals surface area contributed by atoms with Gasteiger partial charge in [0.05, 0.1) is 6.10 Å². The van der Waals surface area contributed by atoms with Crippen LogP contribution in [-0.4, -0.2) is 35.7 Å². The third-order valence-electron chi connectivity index (χ3n) is 4.72. The number of rotatable bonds is 6. The summed E-state index contributed by atoms with van der Waals surface area (Å²) in [4.78, 5) is 2.46. The number of aliphatic hydroxyl groups is 1. The van der Waals surface area contributed by atoms with E-state index in [1.807, 2.05) is 0 Å². The van der Waals surface area contributed by atoms with Crippen LogP contribution in [0.15, 0.2) is 0 Å². The summed E-state index contributed by atoms with van der Waals surface area (Å²) in [5.74, 6) is 1.35. The Balaban J connectivity index is 2.47. The first-order chi connectivity index (χ1) is 8.12. The van der Waals surface area contributed by atoms with Crippen molar-refractivity contribution < 1.29 is 5.11 Å². The van der Waals surface area contributed by atoms with Gasteiger partial charge in [0.25, 0.3) is 0 Å². The van der Waals surface area contributed by atoms with Crippen molar-refractivity contribution in [2.75, 3.05) is 13.6 Å². The lowest BCUT2D eigenvalue weighted by atomic mass is 9.78. The molecule has 1 aliphatic rings. The molecule has 0 aliphatic heterocycles. The maximum Gasteiger partial charge on any atom is 0.0580 e. The van der Waals surface area contributed by atoms with Gasteiger partial charge in [-0.05, 0) is 51.0 Å². The lowest BCUT2D eigenvalue weighted by Crippen LogP contribution is -2.41. The van der Waals surface area contributed by atoms with Crippen LogP contribution >= 0.6 is 0 Å². The molecule has 1 fully saturated rings. The van der Waals surface area contributed by atoms with Crippen molar-refractivity contribution in [2.24, 2.45) is 11.8 Å². The van der Waals surface area contributed by atoms with Crippen LogP contribution in [0.25, 0.3) is 0 Å². The van der Waals surface area contributed by atoms with Gasteiger partial charge < -0.3 is 10.0 Å². The second-order valence-electron chi connectivity index (χ2n) is 5.82. The molecule has 0 bridgehead atoms. The highest BCUT2D eigenvalue weighted by molar-refractivity contribution is 4.82. The Kier molecular flexibility index (Phi) is 6.50. The molecule has 1 aliphatic carbocycles. The maximum atomic E-state index is 10.1. The van der Waals surface area contributed by atoms with E-state index >= 15 is 0 Å². The highest BCUT2D eigenvalue weighted by Crippen LogP contribution is 2.32. The van der Waals surface area contributed by atoms with Gasteiger partial charge in [-0.25, -0.2) is 0 Å². The van der Waals surface area contributed by atoms with Crippen LogP contribution in [0.5, 0.6) is 0 Å². The van der Waals surface area contributed by atoms with Crippen molar-refractivity contribution >= 4 is 0 Å². The van der Waals surface area contributed by atoms with Gasteiger partial charge in [0.2, 0.25) is 0 Å². The maximum absolute atomic E-state index is 10.1. The minimum absolute atomic E-state index is 0.0605. The molecule has 0 radical (unpaired) electrons. The SMILES string of the molecule is CCC1CCC(O)C(CN(C)C(CC)CC)C1. The summed E-state index contributed by atoms with van der Waals surface area (Å²) in [7, 11) is 2.22. The Morgan fingerprint density at radius 2 is 1.82 bits per heavy atom. The van der Waals surface area contributed by atoms with Gasteiger partial charge in [0.15, 0.2) is 0 Å². The molecule has 0 saturated heterocycles. The van der Waals surface area contributed by atoms with Gasteiger partial charge in [0, 0.05) is 12.6 Å². The predicted molar refractivity (Wildman–Crippen MR) is 74.1 cm³/mol. The van der Waals surface area contributed by atoms with Gasteiger partial charge in [-0.3, -0.25) is 0 Å². The molecular weight excluding hydrogens is 210 g/mol. The number of hydrogen-bond acceptors (Lipinski definition) is 2. The summed E-state index contributed by atoms with van der Waals surface area (Å²) in [6, 6.07) is 0.684. The van der Waals surface area contributed by atoms with Crippen molar-refractivity contribution in [3.8, 4) is 0 Å². The minimum Gasteiger partial charge on any atom is -0.393 e. The van der Waals surface area contributed by atoms with E-state index in [0.29, 0.717) is 12.0 Å². The lowest BCUT2D eigenvalue weighted by molar-refractivity contribution is 0.0233. The molecule has 0 aromatic heterocycles. The average Bonchev–Trinajstić information content (AvgIpc) is 2.33. The first-order valence-electron chi connectivity index (χ1n) is 7.50. The van der Waals surface area contributed by atoms with E-state index in [-0.39, 0.29) is 6.10 Å². The van der Waals surface area contributed by atoms with Gasteiger partial charge in [-0.2, -0.15) is 0 Å². The van der Waals surface area contributed by atoms with Crippen molar-refractivity contribution in [2.45, 2.75) is 71.4 Å². The second-order valence-corrected chi connectivity index (χ2v) is 5.82. The predicted octanol–water partition coefficient (Wildman–Crippen LogP) is 3.29. The Morgan fingerprint density at radius 1 is 1.18 bits per heavy atom. The highest BCUT2D eigenvalue weighted by Gasteiger charge is 2.29. The summed E-state index contributed by atoms with van der Waals surface area (Å²) in [5, 5.41) is 10.1.